The molecule has 5 nitrogen and oxygen atoms in total. The van der Waals surface area contributed by atoms with Gasteiger partial charge in [0.2, 0.25) is 11.8 Å². The number of nitrogens with one attached hydrogen (secondary N) is 1. The summed E-state index contributed by atoms with van der Waals surface area (Å²) in [6.07, 6.45) is 3.52. The van der Waals surface area contributed by atoms with Crippen LogP contribution in [0.1, 0.15) is 31.2 Å². The van der Waals surface area contributed by atoms with Crippen molar-refractivity contribution in [1.29, 1.82) is 0 Å². The van der Waals surface area contributed by atoms with Crippen LogP contribution in [0, 0.1) is 0 Å². The van der Waals surface area contributed by atoms with Gasteiger partial charge in [-0.3, -0.25) is 9.59 Å². The number of amides is 2. The van der Waals surface area contributed by atoms with Crippen LogP contribution in [0.3, 0.4) is 0 Å². The highest BCUT2D eigenvalue weighted by Gasteiger charge is 2.19. The van der Waals surface area contributed by atoms with Crippen LogP contribution in [0.2, 0.25) is 0 Å². The first-order valence-electron chi connectivity index (χ1n) is 7.05. The first-order chi connectivity index (χ1) is 9.69. The Kier molecular flexibility index (Phi) is 7.19. The normalized spacial score (nSPS) is 15.1. The Hall–Kier alpha value is -1.59. The van der Waals surface area contributed by atoms with E-state index in [-0.39, 0.29) is 30.8 Å². The molecule has 116 valence electrons. The minimum Gasteiger partial charge on any atom is -0.333 e. The second-order valence-electron chi connectivity index (χ2n) is 5.08. The maximum Gasteiger partial charge on any atom is 0.243 e. The summed E-state index contributed by atoms with van der Waals surface area (Å²) >= 11 is 0. The van der Waals surface area contributed by atoms with Crippen molar-refractivity contribution in [1.82, 2.24) is 4.90 Å². The van der Waals surface area contributed by atoms with Crippen LogP contribution in [-0.4, -0.2) is 29.8 Å². The minimum absolute atomic E-state index is 0. The van der Waals surface area contributed by atoms with Gasteiger partial charge in [0.1, 0.15) is 0 Å². The number of carbonyl (C=O) groups excluding carboxylic acids is 2. The van der Waals surface area contributed by atoms with E-state index < -0.39 is 0 Å². The lowest BCUT2D eigenvalue weighted by molar-refractivity contribution is -0.134. The van der Waals surface area contributed by atoms with Crippen LogP contribution < -0.4 is 11.1 Å². The number of halogens is 1. The summed E-state index contributed by atoms with van der Waals surface area (Å²) in [7, 11) is 0. The van der Waals surface area contributed by atoms with E-state index in [1.807, 2.05) is 24.3 Å². The number of likely N-dealkylation sites (tertiary alicyclic amines) is 1. The average molecular weight is 312 g/mol. The van der Waals surface area contributed by atoms with Crippen LogP contribution in [-0.2, 0) is 16.1 Å². The van der Waals surface area contributed by atoms with Gasteiger partial charge in [0, 0.05) is 25.2 Å². The van der Waals surface area contributed by atoms with Crippen LogP contribution in [0.4, 0.5) is 5.69 Å². The molecule has 0 bridgehead atoms. The molecule has 1 heterocycles. The topological polar surface area (TPSA) is 75.4 Å². The zero-order chi connectivity index (χ0) is 14.4. The third-order valence-electron chi connectivity index (χ3n) is 3.48. The molecule has 3 N–H and O–H groups in total. The molecular formula is C15H22ClN3O2. The smallest absolute Gasteiger partial charge is 0.243 e. The standard InChI is InChI=1S/C15H21N3O2.ClH/c16-10-12-5-7-13(8-6-12)17-14(19)11-18-9-3-1-2-4-15(18)20;/h5-8H,1-4,9-11,16H2,(H,17,19);1H. The molecule has 1 fully saturated rings. The summed E-state index contributed by atoms with van der Waals surface area (Å²) in [5.74, 6) is -0.0723. The maximum atomic E-state index is 12.0. The van der Waals surface area contributed by atoms with E-state index in [4.69, 9.17) is 5.73 Å². The molecule has 0 saturated carbocycles. The molecular weight excluding hydrogens is 290 g/mol. The predicted molar refractivity (Wildman–Crippen MR) is 85.3 cm³/mol. The Morgan fingerprint density at radius 2 is 1.90 bits per heavy atom. The number of benzene rings is 1. The van der Waals surface area contributed by atoms with Crippen LogP contribution in [0.25, 0.3) is 0 Å². The van der Waals surface area contributed by atoms with Crippen molar-refractivity contribution in [2.45, 2.75) is 32.2 Å². The number of carbonyl (C=O) groups is 2. The molecule has 2 amide bonds. The molecule has 1 aliphatic rings. The molecule has 0 atom stereocenters. The molecule has 0 radical (unpaired) electrons. The Bertz CT molecular complexity index is 476. The summed E-state index contributed by atoms with van der Waals surface area (Å²) in [6.45, 7) is 1.30. The van der Waals surface area contributed by atoms with Gasteiger partial charge in [-0.2, -0.15) is 0 Å². The Labute approximate surface area is 131 Å². The van der Waals surface area contributed by atoms with Crippen molar-refractivity contribution in [3.8, 4) is 0 Å². The summed E-state index contributed by atoms with van der Waals surface area (Å²) in [6, 6.07) is 7.41. The Morgan fingerprint density at radius 1 is 1.19 bits per heavy atom. The number of nitrogens with zero attached hydrogens (tertiary/aromatic N) is 1. The molecule has 0 unspecified atom stereocenters. The van der Waals surface area contributed by atoms with Crippen molar-refractivity contribution in [2.75, 3.05) is 18.4 Å². The van der Waals surface area contributed by atoms with Crippen molar-refractivity contribution in [3.05, 3.63) is 29.8 Å². The van der Waals surface area contributed by atoms with Gasteiger partial charge in [0.15, 0.2) is 0 Å². The van der Waals surface area contributed by atoms with E-state index in [9.17, 15) is 9.59 Å². The fourth-order valence-electron chi connectivity index (χ4n) is 2.30. The lowest BCUT2D eigenvalue weighted by Crippen LogP contribution is -2.37. The molecule has 1 aromatic carbocycles. The molecule has 1 aromatic rings. The summed E-state index contributed by atoms with van der Waals surface area (Å²) in [4.78, 5) is 25.4. The molecule has 0 spiro atoms. The van der Waals surface area contributed by atoms with Crippen LogP contribution in [0.5, 0.6) is 0 Å². The quantitative estimate of drug-likeness (QED) is 0.892. The van der Waals surface area contributed by atoms with Gasteiger partial charge in [-0.25, -0.2) is 0 Å². The highest BCUT2D eigenvalue weighted by atomic mass is 35.5. The number of hydrogen-bond acceptors (Lipinski definition) is 3. The van der Waals surface area contributed by atoms with Crippen molar-refractivity contribution in [2.24, 2.45) is 5.73 Å². The maximum absolute atomic E-state index is 12.0. The molecule has 0 aromatic heterocycles. The number of hydrogen-bond donors (Lipinski definition) is 2. The first-order valence-corrected chi connectivity index (χ1v) is 7.05. The van der Waals surface area contributed by atoms with E-state index in [1.165, 1.54) is 0 Å². The van der Waals surface area contributed by atoms with E-state index in [1.54, 1.807) is 4.90 Å². The number of anilines is 1. The predicted octanol–water partition coefficient (Wildman–Crippen LogP) is 1.91. The molecule has 1 saturated heterocycles. The molecule has 6 heteroatoms. The average Bonchev–Trinajstić information content (AvgIpc) is 2.65. The van der Waals surface area contributed by atoms with E-state index in [0.29, 0.717) is 19.5 Å². The van der Waals surface area contributed by atoms with Gasteiger partial charge in [0.05, 0.1) is 6.54 Å². The lowest BCUT2D eigenvalue weighted by Gasteiger charge is -2.19. The van der Waals surface area contributed by atoms with Gasteiger partial charge in [-0.1, -0.05) is 18.6 Å². The highest BCUT2D eigenvalue weighted by molar-refractivity contribution is 5.94. The summed E-state index contributed by atoms with van der Waals surface area (Å²) < 4.78 is 0. The first kappa shape index (κ1) is 17.5. The van der Waals surface area contributed by atoms with E-state index >= 15 is 0 Å². The SMILES string of the molecule is Cl.NCc1ccc(NC(=O)CN2CCCCCC2=O)cc1. The minimum atomic E-state index is -0.152. The van der Waals surface area contributed by atoms with Gasteiger partial charge >= 0.3 is 0 Å². The monoisotopic (exact) mass is 311 g/mol. The third-order valence-corrected chi connectivity index (χ3v) is 3.48. The van der Waals surface area contributed by atoms with Gasteiger partial charge in [0.25, 0.3) is 0 Å². The van der Waals surface area contributed by atoms with Gasteiger partial charge in [-0.15, -0.1) is 12.4 Å². The fourth-order valence-corrected chi connectivity index (χ4v) is 2.30. The third kappa shape index (κ3) is 5.36. The second-order valence-corrected chi connectivity index (χ2v) is 5.08. The van der Waals surface area contributed by atoms with Crippen molar-refractivity contribution < 1.29 is 9.59 Å². The van der Waals surface area contributed by atoms with Crippen LogP contribution >= 0.6 is 12.4 Å². The van der Waals surface area contributed by atoms with E-state index in [2.05, 4.69) is 5.32 Å². The zero-order valence-electron chi connectivity index (χ0n) is 12.0. The molecule has 21 heavy (non-hydrogen) atoms. The fraction of sp³-hybridized carbons (Fsp3) is 0.467. The largest absolute Gasteiger partial charge is 0.333 e. The second kappa shape index (κ2) is 8.64. The number of rotatable bonds is 4. The highest BCUT2D eigenvalue weighted by Crippen LogP contribution is 2.12. The Morgan fingerprint density at radius 3 is 2.57 bits per heavy atom. The molecule has 1 aliphatic heterocycles. The van der Waals surface area contributed by atoms with Crippen molar-refractivity contribution in [3.63, 3.8) is 0 Å². The summed E-state index contributed by atoms with van der Waals surface area (Å²) in [5.41, 5.74) is 7.27. The number of nitrogens with two attached hydrogens (primary N) is 1. The Balaban J connectivity index is 0.00000220. The lowest BCUT2D eigenvalue weighted by atomic mass is 10.2. The molecule has 2 rings (SSSR count). The van der Waals surface area contributed by atoms with Gasteiger partial charge < -0.3 is 16.0 Å². The van der Waals surface area contributed by atoms with Crippen LogP contribution in [0.15, 0.2) is 24.3 Å². The zero-order valence-corrected chi connectivity index (χ0v) is 12.8. The van der Waals surface area contributed by atoms with Crippen molar-refractivity contribution >= 4 is 29.9 Å². The van der Waals surface area contributed by atoms with Gasteiger partial charge in [-0.05, 0) is 30.5 Å². The van der Waals surface area contributed by atoms with E-state index in [0.717, 1.165) is 30.5 Å². The molecule has 0 aliphatic carbocycles. The summed E-state index contributed by atoms with van der Waals surface area (Å²) in [5, 5.41) is 2.81.